The summed E-state index contributed by atoms with van der Waals surface area (Å²) in [7, 11) is 0. The Hall–Kier alpha value is -0.540. The average Bonchev–Trinajstić information content (AvgIpc) is 2.42. The van der Waals surface area contributed by atoms with Gasteiger partial charge in [-0.25, -0.2) is 0 Å². The summed E-state index contributed by atoms with van der Waals surface area (Å²) in [6.45, 7) is 13.6. The van der Waals surface area contributed by atoms with Crippen LogP contribution >= 0.6 is 15.9 Å². The molecule has 0 saturated carbocycles. The second-order valence-electron chi connectivity index (χ2n) is 6.70. The van der Waals surface area contributed by atoms with E-state index >= 15 is 0 Å². The van der Waals surface area contributed by atoms with Gasteiger partial charge in [0, 0.05) is 28.8 Å². The van der Waals surface area contributed by atoms with E-state index in [9.17, 15) is 0 Å². The van der Waals surface area contributed by atoms with E-state index in [1.165, 1.54) is 28.7 Å². The molecule has 21 heavy (non-hydrogen) atoms. The molecular formula is C18H29BrN2. The lowest BCUT2D eigenvalue weighted by Crippen LogP contribution is -2.45. The lowest BCUT2D eigenvalue weighted by atomic mass is 9.85. The molecule has 0 bridgehead atoms. The van der Waals surface area contributed by atoms with Crippen molar-refractivity contribution in [1.29, 1.82) is 0 Å². The summed E-state index contributed by atoms with van der Waals surface area (Å²) in [5.41, 5.74) is 2.69. The highest BCUT2D eigenvalue weighted by atomic mass is 79.9. The van der Waals surface area contributed by atoms with Gasteiger partial charge >= 0.3 is 0 Å². The number of nitrogens with zero attached hydrogens (tertiary/aromatic N) is 1. The van der Waals surface area contributed by atoms with Gasteiger partial charge in [-0.15, -0.1) is 0 Å². The van der Waals surface area contributed by atoms with Crippen LogP contribution in [0.1, 0.15) is 52.6 Å². The molecule has 3 heteroatoms. The molecule has 0 radical (unpaired) electrons. The Morgan fingerprint density at radius 3 is 2.67 bits per heavy atom. The fraction of sp³-hybridized carbons (Fsp3) is 0.667. The van der Waals surface area contributed by atoms with Crippen LogP contribution in [0.25, 0.3) is 0 Å². The van der Waals surface area contributed by atoms with Crippen molar-refractivity contribution in [2.45, 2.75) is 53.1 Å². The van der Waals surface area contributed by atoms with Gasteiger partial charge in [-0.2, -0.15) is 0 Å². The molecule has 1 saturated heterocycles. The van der Waals surface area contributed by atoms with Crippen LogP contribution < -0.4 is 10.2 Å². The molecule has 1 heterocycles. The number of benzene rings is 1. The minimum Gasteiger partial charge on any atom is -0.368 e. The van der Waals surface area contributed by atoms with E-state index < -0.39 is 0 Å². The van der Waals surface area contributed by atoms with Crippen molar-refractivity contribution >= 4 is 21.6 Å². The minimum absolute atomic E-state index is 0.384. The van der Waals surface area contributed by atoms with Crippen LogP contribution in [0.15, 0.2) is 22.7 Å². The standard InChI is InChI=1S/C18H29BrN2/c1-6-20-14(4)17-8-7-16(10-18(17)19)21-11-12(2)9-13(3)15(21)5/h7-8,10,12-15,20H,6,9,11H2,1-5H3. The van der Waals surface area contributed by atoms with Gasteiger partial charge in [0.25, 0.3) is 0 Å². The van der Waals surface area contributed by atoms with Crippen molar-refractivity contribution in [2.75, 3.05) is 18.0 Å². The molecule has 1 N–H and O–H groups in total. The van der Waals surface area contributed by atoms with Crippen LogP contribution in [-0.2, 0) is 0 Å². The normalized spacial score (nSPS) is 27.7. The van der Waals surface area contributed by atoms with Gasteiger partial charge in [0.15, 0.2) is 0 Å². The predicted octanol–water partition coefficient (Wildman–Crippen LogP) is 4.99. The van der Waals surface area contributed by atoms with Crippen LogP contribution in [0.4, 0.5) is 5.69 Å². The van der Waals surface area contributed by atoms with E-state index in [4.69, 9.17) is 0 Å². The number of hydrogen-bond acceptors (Lipinski definition) is 2. The number of nitrogens with one attached hydrogen (secondary N) is 1. The third kappa shape index (κ3) is 3.81. The second-order valence-corrected chi connectivity index (χ2v) is 7.55. The predicted molar refractivity (Wildman–Crippen MR) is 96.0 cm³/mol. The number of anilines is 1. The molecule has 2 rings (SSSR count). The molecule has 0 amide bonds. The maximum atomic E-state index is 3.77. The lowest BCUT2D eigenvalue weighted by molar-refractivity contribution is 0.297. The smallest absolute Gasteiger partial charge is 0.0380 e. The van der Waals surface area contributed by atoms with Crippen LogP contribution in [0.2, 0.25) is 0 Å². The summed E-state index contributed by atoms with van der Waals surface area (Å²) in [5.74, 6) is 1.53. The third-order valence-corrected chi connectivity index (χ3v) is 5.58. The number of halogens is 1. The summed E-state index contributed by atoms with van der Waals surface area (Å²) in [4.78, 5) is 2.57. The van der Waals surface area contributed by atoms with E-state index in [1.807, 2.05) is 0 Å². The highest BCUT2D eigenvalue weighted by Crippen LogP contribution is 2.34. The quantitative estimate of drug-likeness (QED) is 0.820. The molecule has 1 aliphatic heterocycles. The summed E-state index contributed by atoms with van der Waals surface area (Å²) in [6, 6.07) is 7.85. The fourth-order valence-corrected chi connectivity index (χ4v) is 4.23. The number of hydrogen-bond donors (Lipinski definition) is 1. The maximum Gasteiger partial charge on any atom is 0.0380 e. The van der Waals surface area contributed by atoms with Crippen molar-refractivity contribution in [3.8, 4) is 0 Å². The van der Waals surface area contributed by atoms with E-state index in [0.717, 1.165) is 18.4 Å². The maximum absolute atomic E-state index is 3.77. The first-order valence-corrected chi connectivity index (χ1v) is 9.02. The summed E-state index contributed by atoms with van der Waals surface area (Å²) in [5, 5.41) is 3.48. The molecule has 1 aromatic rings. The van der Waals surface area contributed by atoms with E-state index in [0.29, 0.717) is 12.1 Å². The summed E-state index contributed by atoms with van der Waals surface area (Å²) >= 11 is 3.77. The number of rotatable bonds is 4. The largest absolute Gasteiger partial charge is 0.368 e. The molecular weight excluding hydrogens is 324 g/mol. The Labute approximate surface area is 138 Å². The zero-order valence-corrected chi connectivity index (χ0v) is 15.6. The molecule has 118 valence electrons. The second kappa shape index (κ2) is 7.15. The molecule has 4 unspecified atom stereocenters. The molecule has 1 aliphatic rings. The minimum atomic E-state index is 0.384. The zero-order valence-electron chi connectivity index (χ0n) is 14.0. The Kier molecular flexibility index (Phi) is 5.73. The van der Waals surface area contributed by atoms with Gasteiger partial charge in [0.2, 0.25) is 0 Å². The first-order chi connectivity index (χ1) is 9.93. The molecule has 0 aromatic heterocycles. The van der Waals surface area contributed by atoms with Crippen molar-refractivity contribution < 1.29 is 0 Å². The Morgan fingerprint density at radius 1 is 1.33 bits per heavy atom. The third-order valence-electron chi connectivity index (χ3n) is 4.89. The van der Waals surface area contributed by atoms with Gasteiger partial charge in [-0.05, 0) is 56.3 Å². The van der Waals surface area contributed by atoms with Crippen molar-refractivity contribution in [2.24, 2.45) is 11.8 Å². The summed E-state index contributed by atoms with van der Waals surface area (Å²) < 4.78 is 1.21. The van der Waals surface area contributed by atoms with Crippen LogP contribution in [-0.4, -0.2) is 19.1 Å². The van der Waals surface area contributed by atoms with Crippen LogP contribution in [0.3, 0.4) is 0 Å². The number of piperidine rings is 1. The molecule has 1 fully saturated rings. The van der Waals surface area contributed by atoms with Crippen molar-refractivity contribution in [1.82, 2.24) is 5.32 Å². The molecule has 2 nitrogen and oxygen atoms in total. The molecule has 0 aliphatic carbocycles. The Balaban J connectivity index is 2.23. The van der Waals surface area contributed by atoms with Gasteiger partial charge in [0.05, 0.1) is 0 Å². The topological polar surface area (TPSA) is 15.3 Å². The van der Waals surface area contributed by atoms with Crippen LogP contribution in [0.5, 0.6) is 0 Å². The zero-order chi connectivity index (χ0) is 15.6. The lowest BCUT2D eigenvalue weighted by Gasteiger charge is -2.43. The highest BCUT2D eigenvalue weighted by molar-refractivity contribution is 9.10. The van der Waals surface area contributed by atoms with Crippen molar-refractivity contribution in [3.63, 3.8) is 0 Å². The highest BCUT2D eigenvalue weighted by Gasteiger charge is 2.29. The van der Waals surface area contributed by atoms with Gasteiger partial charge < -0.3 is 10.2 Å². The Morgan fingerprint density at radius 2 is 2.05 bits per heavy atom. The van der Waals surface area contributed by atoms with E-state index in [1.54, 1.807) is 0 Å². The average molecular weight is 353 g/mol. The Bertz CT molecular complexity index is 474. The van der Waals surface area contributed by atoms with Crippen LogP contribution in [0, 0.1) is 11.8 Å². The van der Waals surface area contributed by atoms with Gasteiger partial charge in [0.1, 0.15) is 0 Å². The molecule has 0 spiro atoms. The van der Waals surface area contributed by atoms with E-state index in [2.05, 4.69) is 79.0 Å². The SMILES string of the molecule is CCNC(C)c1ccc(N2CC(C)CC(C)C2C)cc1Br. The van der Waals surface area contributed by atoms with Gasteiger partial charge in [-0.3, -0.25) is 0 Å². The molecule has 4 atom stereocenters. The first-order valence-electron chi connectivity index (χ1n) is 8.23. The fourth-order valence-electron chi connectivity index (χ4n) is 3.52. The summed E-state index contributed by atoms with van der Waals surface area (Å²) in [6.07, 6.45) is 1.34. The van der Waals surface area contributed by atoms with Gasteiger partial charge in [-0.1, -0.05) is 42.8 Å². The van der Waals surface area contributed by atoms with Crippen molar-refractivity contribution in [3.05, 3.63) is 28.2 Å². The first kappa shape index (κ1) is 16.8. The monoisotopic (exact) mass is 352 g/mol. The molecule has 1 aromatic carbocycles. The van der Waals surface area contributed by atoms with E-state index in [-0.39, 0.29) is 0 Å².